The van der Waals surface area contributed by atoms with Crippen molar-refractivity contribution in [3.63, 3.8) is 0 Å². The highest BCUT2D eigenvalue weighted by Gasteiger charge is 2.02. The number of ether oxygens (including phenoxy) is 1. The Hall–Kier alpha value is -1.38. The van der Waals surface area contributed by atoms with E-state index in [9.17, 15) is 0 Å². The highest BCUT2D eigenvalue weighted by atomic mass is 35.5. The van der Waals surface area contributed by atoms with Gasteiger partial charge >= 0.3 is 0 Å². The van der Waals surface area contributed by atoms with Crippen LogP contribution >= 0.6 is 23.2 Å². The first-order valence-corrected chi connectivity index (χ1v) is 6.80. The summed E-state index contributed by atoms with van der Waals surface area (Å²) < 4.78 is 5.60. The Morgan fingerprint density at radius 2 is 1.89 bits per heavy atom. The zero-order chi connectivity index (χ0) is 13.7. The van der Waals surface area contributed by atoms with E-state index in [1.54, 1.807) is 18.2 Å². The second-order valence-electron chi connectivity index (χ2n) is 4.16. The average molecular weight is 296 g/mol. The number of aryl methyl sites for hydroxylation is 1. The summed E-state index contributed by atoms with van der Waals surface area (Å²) in [6.07, 6.45) is 0. The normalized spacial score (nSPS) is 10.3. The second-order valence-corrected chi connectivity index (χ2v) is 5.01. The third-order valence-electron chi connectivity index (χ3n) is 2.71. The number of nitrogens with one attached hydrogen (secondary N) is 1. The lowest BCUT2D eigenvalue weighted by Gasteiger charge is -2.11. The van der Waals surface area contributed by atoms with Gasteiger partial charge in [-0.3, -0.25) is 0 Å². The molecule has 2 nitrogen and oxygen atoms in total. The summed E-state index contributed by atoms with van der Waals surface area (Å²) in [5, 5.41) is 4.50. The van der Waals surface area contributed by atoms with Gasteiger partial charge in [-0.25, -0.2) is 0 Å². The Morgan fingerprint density at radius 3 is 2.68 bits per heavy atom. The maximum atomic E-state index is 6.01. The van der Waals surface area contributed by atoms with Gasteiger partial charge in [-0.2, -0.15) is 0 Å². The molecular formula is C15H15Cl2NO. The van der Waals surface area contributed by atoms with Crippen molar-refractivity contribution in [2.75, 3.05) is 18.5 Å². The number of halogens is 2. The summed E-state index contributed by atoms with van der Waals surface area (Å²) >= 11 is 11.9. The van der Waals surface area contributed by atoms with Crippen molar-refractivity contribution in [2.45, 2.75) is 6.92 Å². The summed E-state index contributed by atoms with van der Waals surface area (Å²) in [4.78, 5) is 0. The van der Waals surface area contributed by atoms with Crippen LogP contribution in [0.2, 0.25) is 10.0 Å². The smallest absolute Gasteiger partial charge is 0.139 e. The molecule has 0 fully saturated rings. The van der Waals surface area contributed by atoms with Gasteiger partial charge in [-0.15, -0.1) is 0 Å². The molecule has 0 aliphatic heterocycles. The maximum Gasteiger partial charge on any atom is 0.139 e. The predicted octanol–water partition coefficient (Wildman–Crippen LogP) is 4.79. The molecule has 4 heteroatoms. The maximum absolute atomic E-state index is 6.01. The van der Waals surface area contributed by atoms with Crippen LogP contribution < -0.4 is 10.1 Å². The first-order chi connectivity index (χ1) is 9.16. The van der Waals surface area contributed by atoms with E-state index in [0.29, 0.717) is 28.9 Å². The zero-order valence-electron chi connectivity index (χ0n) is 10.6. The molecule has 0 spiro atoms. The van der Waals surface area contributed by atoms with Crippen molar-refractivity contribution in [1.29, 1.82) is 0 Å². The summed E-state index contributed by atoms with van der Waals surface area (Å²) in [5.41, 5.74) is 2.33. The van der Waals surface area contributed by atoms with Crippen LogP contribution in [-0.2, 0) is 0 Å². The van der Waals surface area contributed by atoms with E-state index in [2.05, 4.69) is 18.3 Å². The minimum Gasteiger partial charge on any atom is -0.490 e. The van der Waals surface area contributed by atoms with Crippen molar-refractivity contribution in [2.24, 2.45) is 0 Å². The Bertz CT molecular complexity index is 558. The molecule has 2 aromatic carbocycles. The molecule has 0 aliphatic carbocycles. The van der Waals surface area contributed by atoms with Crippen LogP contribution in [0.25, 0.3) is 0 Å². The van der Waals surface area contributed by atoms with E-state index in [1.165, 1.54) is 5.56 Å². The van der Waals surface area contributed by atoms with Gasteiger partial charge < -0.3 is 10.1 Å². The van der Waals surface area contributed by atoms with E-state index >= 15 is 0 Å². The Morgan fingerprint density at radius 1 is 1.11 bits per heavy atom. The first kappa shape index (κ1) is 14.0. The number of hydrogen-bond acceptors (Lipinski definition) is 2. The largest absolute Gasteiger partial charge is 0.490 e. The predicted molar refractivity (Wildman–Crippen MR) is 81.6 cm³/mol. The number of anilines is 1. The van der Waals surface area contributed by atoms with Gasteiger partial charge in [0.1, 0.15) is 12.4 Å². The minimum atomic E-state index is 0.522. The topological polar surface area (TPSA) is 21.3 Å². The minimum absolute atomic E-state index is 0.522. The second kappa shape index (κ2) is 6.69. The fourth-order valence-electron chi connectivity index (χ4n) is 1.71. The molecule has 0 atom stereocenters. The molecule has 0 saturated carbocycles. The van der Waals surface area contributed by atoms with Crippen molar-refractivity contribution >= 4 is 28.9 Å². The molecule has 2 aromatic rings. The summed E-state index contributed by atoms with van der Waals surface area (Å²) in [6.45, 7) is 3.29. The SMILES string of the molecule is Cc1ccccc1NCCOc1cc(Cl)ccc1Cl. The number of para-hydroxylation sites is 1. The summed E-state index contributed by atoms with van der Waals surface area (Å²) in [7, 11) is 0. The van der Waals surface area contributed by atoms with Crippen molar-refractivity contribution < 1.29 is 4.74 Å². The molecular weight excluding hydrogens is 281 g/mol. The zero-order valence-corrected chi connectivity index (χ0v) is 12.1. The highest BCUT2D eigenvalue weighted by Crippen LogP contribution is 2.27. The standard InChI is InChI=1S/C15H15Cl2NO/c1-11-4-2-3-5-14(11)18-8-9-19-15-10-12(16)6-7-13(15)17/h2-7,10,18H,8-9H2,1H3. The average Bonchev–Trinajstić information content (AvgIpc) is 2.40. The fraction of sp³-hybridized carbons (Fsp3) is 0.200. The fourth-order valence-corrected chi connectivity index (χ4v) is 2.04. The van der Waals surface area contributed by atoms with E-state index in [0.717, 1.165) is 5.69 Å². The Balaban J connectivity index is 1.84. The first-order valence-electron chi connectivity index (χ1n) is 6.04. The van der Waals surface area contributed by atoms with E-state index in [-0.39, 0.29) is 0 Å². The summed E-state index contributed by atoms with van der Waals surface area (Å²) in [5.74, 6) is 0.612. The van der Waals surface area contributed by atoms with Crippen LogP contribution in [0.3, 0.4) is 0 Å². The molecule has 0 amide bonds. The van der Waals surface area contributed by atoms with Crippen LogP contribution in [-0.4, -0.2) is 13.2 Å². The van der Waals surface area contributed by atoms with Gasteiger partial charge in [-0.05, 0) is 30.7 Å². The molecule has 1 N–H and O–H groups in total. The lowest BCUT2D eigenvalue weighted by molar-refractivity contribution is 0.333. The molecule has 0 radical (unpaired) electrons. The highest BCUT2D eigenvalue weighted by molar-refractivity contribution is 6.34. The van der Waals surface area contributed by atoms with Crippen LogP contribution in [0.15, 0.2) is 42.5 Å². The van der Waals surface area contributed by atoms with E-state index < -0.39 is 0 Å². The number of hydrogen-bond donors (Lipinski definition) is 1. The molecule has 19 heavy (non-hydrogen) atoms. The van der Waals surface area contributed by atoms with Gasteiger partial charge in [0.05, 0.1) is 5.02 Å². The molecule has 100 valence electrons. The van der Waals surface area contributed by atoms with Gasteiger partial charge in [0.2, 0.25) is 0 Å². The molecule has 2 rings (SSSR count). The van der Waals surface area contributed by atoms with Crippen LogP contribution in [0, 0.1) is 6.92 Å². The van der Waals surface area contributed by atoms with Crippen LogP contribution in [0.5, 0.6) is 5.75 Å². The van der Waals surface area contributed by atoms with Crippen molar-refractivity contribution in [1.82, 2.24) is 0 Å². The third-order valence-corrected chi connectivity index (χ3v) is 3.26. The molecule has 0 bridgehead atoms. The van der Waals surface area contributed by atoms with Gasteiger partial charge in [0, 0.05) is 23.3 Å². The van der Waals surface area contributed by atoms with E-state index in [4.69, 9.17) is 27.9 Å². The van der Waals surface area contributed by atoms with Crippen LogP contribution in [0.4, 0.5) is 5.69 Å². The molecule has 0 aromatic heterocycles. The molecule has 0 heterocycles. The Kier molecular flexibility index (Phi) is 4.94. The molecule has 0 unspecified atom stereocenters. The number of benzene rings is 2. The van der Waals surface area contributed by atoms with Crippen molar-refractivity contribution in [3.8, 4) is 5.75 Å². The lowest BCUT2D eigenvalue weighted by atomic mass is 10.2. The quantitative estimate of drug-likeness (QED) is 0.801. The van der Waals surface area contributed by atoms with Crippen LogP contribution in [0.1, 0.15) is 5.56 Å². The molecule has 0 aliphatic rings. The summed E-state index contributed by atoms with van der Waals surface area (Å²) in [6, 6.07) is 13.3. The lowest BCUT2D eigenvalue weighted by Crippen LogP contribution is -2.12. The van der Waals surface area contributed by atoms with Gasteiger partial charge in [0.25, 0.3) is 0 Å². The third kappa shape index (κ3) is 4.05. The van der Waals surface area contributed by atoms with Crippen molar-refractivity contribution in [3.05, 3.63) is 58.1 Å². The molecule has 0 saturated heterocycles. The van der Waals surface area contributed by atoms with E-state index in [1.807, 2.05) is 18.2 Å². The Labute approximate surface area is 123 Å². The van der Waals surface area contributed by atoms with Gasteiger partial charge in [-0.1, -0.05) is 41.4 Å². The monoisotopic (exact) mass is 295 g/mol. The van der Waals surface area contributed by atoms with Gasteiger partial charge in [0.15, 0.2) is 0 Å². The number of rotatable bonds is 5.